The third-order valence-corrected chi connectivity index (χ3v) is 7.55. The average molecular weight is 572 g/mol. The molecule has 1 aliphatic rings. The molecule has 1 aromatic heterocycles. The Morgan fingerprint density at radius 1 is 1.23 bits per heavy atom. The molecule has 4 rings (SSSR count). The minimum absolute atomic E-state index is 0.0702. The second-order valence-corrected chi connectivity index (χ2v) is 10.3. The van der Waals surface area contributed by atoms with Gasteiger partial charge in [0, 0.05) is 48.8 Å². The molecule has 2 aromatic carbocycles. The first-order valence-electron chi connectivity index (χ1n) is 13.3. The molecule has 0 aliphatic heterocycles. The standard InChI is InChI=1S/C29H36ClN4O6/c1-34(19-6-4-3-5-7-19)12-13-40-29(38)32-23-15-26(39-2)18(14-22(23)30)16-31-17-25(36)20-8-10-24(35)28-21(20)9-11-27(37)33-28/h3,8-11,14-15,19,25,31,35-36H,4-7,12-13,16-17H2,1-2H3,(H,32,38)(H,33,37)/t25-/m1/s1. The van der Waals surface area contributed by atoms with Crippen molar-refractivity contribution in [2.75, 3.05) is 39.2 Å². The first-order chi connectivity index (χ1) is 19.3. The molecule has 1 saturated carbocycles. The summed E-state index contributed by atoms with van der Waals surface area (Å²) in [6.45, 7) is 1.43. The first kappa shape index (κ1) is 29.7. The van der Waals surface area contributed by atoms with Crippen LogP contribution in [0.5, 0.6) is 11.5 Å². The molecule has 1 atom stereocenters. The maximum absolute atomic E-state index is 12.4. The number of phenols is 1. The van der Waals surface area contributed by atoms with Gasteiger partial charge in [-0.3, -0.25) is 10.1 Å². The second kappa shape index (κ2) is 13.8. The molecule has 5 N–H and O–H groups in total. The Bertz CT molecular complexity index is 1370. The number of hydrogen-bond donors (Lipinski definition) is 5. The maximum Gasteiger partial charge on any atom is 0.411 e. The van der Waals surface area contributed by atoms with Gasteiger partial charge in [0.2, 0.25) is 5.56 Å². The number of hydrogen-bond acceptors (Lipinski definition) is 8. The van der Waals surface area contributed by atoms with Crippen molar-refractivity contribution in [2.45, 2.75) is 44.4 Å². The Morgan fingerprint density at radius 2 is 2.00 bits per heavy atom. The number of H-pyrrole nitrogens is 1. The van der Waals surface area contributed by atoms with E-state index < -0.39 is 12.2 Å². The molecule has 0 bridgehead atoms. The zero-order valence-corrected chi connectivity index (χ0v) is 23.5. The summed E-state index contributed by atoms with van der Waals surface area (Å²) in [6.07, 6.45) is 5.33. The molecule has 10 nitrogen and oxygen atoms in total. The molecule has 0 saturated heterocycles. The van der Waals surface area contributed by atoms with Gasteiger partial charge in [0.1, 0.15) is 18.1 Å². The number of nitrogens with one attached hydrogen (secondary N) is 3. The highest BCUT2D eigenvalue weighted by Gasteiger charge is 2.19. The van der Waals surface area contributed by atoms with Gasteiger partial charge in [-0.15, -0.1) is 0 Å². The number of rotatable bonds is 11. The van der Waals surface area contributed by atoms with E-state index in [-0.39, 0.29) is 30.0 Å². The lowest BCUT2D eigenvalue weighted by atomic mass is 9.94. The molecule has 1 heterocycles. The van der Waals surface area contributed by atoms with Crippen molar-refractivity contribution in [3.8, 4) is 11.5 Å². The number of phenolic OH excluding ortho intramolecular Hbond substituents is 1. The third-order valence-electron chi connectivity index (χ3n) is 7.23. The van der Waals surface area contributed by atoms with Gasteiger partial charge in [0.15, 0.2) is 0 Å². The van der Waals surface area contributed by atoms with Gasteiger partial charge in [0.25, 0.3) is 0 Å². The van der Waals surface area contributed by atoms with Crippen LogP contribution in [0, 0.1) is 6.42 Å². The Labute approximate surface area is 238 Å². The highest BCUT2D eigenvalue weighted by molar-refractivity contribution is 6.33. The van der Waals surface area contributed by atoms with Crippen molar-refractivity contribution in [3.63, 3.8) is 0 Å². The monoisotopic (exact) mass is 571 g/mol. The number of pyridine rings is 1. The average Bonchev–Trinajstić information content (AvgIpc) is 2.95. The highest BCUT2D eigenvalue weighted by Crippen LogP contribution is 2.32. The summed E-state index contributed by atoms with van der Waals surface area (Å²) in [6, 6.07) is 9.80. The molecule has 1 aliphatic carbocycles. The van der Waals surface area contributed by atoms with Gasteiger partial charge in [-0.1, -0.05) is 17.7 Å². The van der Waals surface area contributed by atoms with E-state index in [1.165, 1.54) is 19.2 Å². The quantitative estimate of drug-likeness (QED) is 0.229. The molecule has 1 amide bonds. The fourth-order valence-corrected chi connectivity index (χ4v) is 5.22. The summed E-state index contributed by atoms with van der Waals surface area (Å²) < 4.78 is 10.9. The Kier molecular flexibility index (Phi) is 10.3. The number of aliphatic hydroxyl groups is 1. The number of benzene rings is 2. The van der Waals surface area contributed by atoms with E-state index in [1.807, 2.05) is 0 Å². The zero-order chi connectivity index (χ0) is 28.6. The van der Waals surface area contributed by atoms with Crippen LogP contribution in [-0.2, 0) is 11.3 Å². The number of aromatic hydroxyl groups is 1. The van der Waals surface area contributed by atoms with Crippen LogP contribution >= 0.6 is 11.6 Å². The molecular formula is C29H36ClN4O6. The van der Waals surface area contributed by atoms with Crippen molar-refractivity contribution in [1.29, 1.82) is 0 Å². The van der Waals surface area contributed by atoms with Crippen LogP contribution in [0.1, 0.15) is 42.9 Å². The number of ether oxygens (including phenoxy) is 2. The summed E-state index contributed by atoms with van der Waals surface area (Å²) >= 11 is 6.45. The number of anilines is 1. The third kappa shape index (κ3) is 7.45. The van der Waals surface area contributed by atoms with Crippen molar-refractivity contribution in [1.82, 2.24) is 15.2 Å². The van der Waals surface area contributed by atoms with Gasteiger partial charge in [-0.05, 0) is 62.9 Å². The largest absolute Gasteiger partial charge is 0.506 e. The van der Waals surface area contributed by atoms with Gasteiger partial charge in [-0.2, -0.15) is 0 Å². The van der Waals surface area contributed by atoms with E-state index in [1.54, 1.807) is 24.3 Å². The smallest absolute Gasteiger partial charge is 0.411 e. The van der Waals surface area contributed by atoms with E-state index in [0.29, 0.717) is 46.5 Å². The number of amides is 1. The minimum atomic E-state index is -0.915. The molecule has 215 valence electrons. The van der Waals surface area contributed by atoms with Crippen LogP contribution in [0.3, 0.4) is 0 Å². The fraction of sp³-hybridized carbons (Fsp3) is 0.414. The number of likely N-dealkylation sites (N-methyl/N-ethyl adjacent to an activating group) is 1. The predicted molar refractivity (Wildman–Crippen MR) is 155 cm³/mol. The number of halogens is 1. The lowest BCUT2D eigenvalue weighted by molar-refractivity contribution is 0.126. The van der Waals surface area contributed by atoms with Crippen molar-refractivity contribution in [2.24, 2.45) is 0 Å². The predicted octanol–water partition coefficient (Wildman–Crippen LogP) is 4.35. The highest BCUT2D eigenvalue weighted by atomic mass is 35.5. The summed E-state index contributed by atoms with van der Waals surface area (Å²) in [5.74, 6) is 0.433. The molecule has 11 heteroatoms. The summed E-state index contributed by atoms with van der Waals surface area (Å²) in [5.41, 5.74) is 1.58. The molecule has 0 spiro atoms. The maximum atomic E-state index is 12.4. The second-order valence-electron chi connectivity index (χ2n) is 9.91. The van der Waals surface area contributed by atoms with E-state index in [4.69, 9.17) is 21.1 Å². The van der Waals surface area contributed by atoms with Crippen molar-refractivity contribution in [3.05, 3.63) is 69.3 Å². The van der Waals surface area contributed by atoms with E-state index in [2.05, 4.69) is 34.0 Å². The number of aromatic amines is 1. The van der Waals surface area contributed by atoms with Gasteiger partial charge in [0.05, 0.1) is 29.4 Å². The van der Waals surface area contributed by atoms with Gasteiger partial charge in [-0.25, -0.2) is 4.79 Å². The molecule has 1 fully saturated rings. The number of aromatic nitrogens is 1. The fourth-order valence-electron chi connectivity index (χ4n) is 4.98. The van der Waals surface area contributed by atoms with Crippen LogP contribution in [0.25, 0.3) is 10.9 Å². The number of carbonyl (C=O) groups is 1. The number of nitrogens with zero attached hydrogens (tertiary/aromatic N) is 1. The van der Waals surface area contributed by atoms with Crippen molar-refractivity contribution < 1.29 is 24.5 Å². The number of fused-ring (bicyclic) bond motifs is 1. The van der Waals surface area contributed by atoms with Crippen LogP contribution in [0.4, 0.5) is 10.5 Å². The molecule has 1 radical (unpaired) electrons. The number of methoxy groups -OCH3 is 1. The zero-order valence-electron chi connectivity index (χ0n) is 22.7. The van der Waals surface area contributed by atoms with Crippen LogP contribution in [-0.4, -0.2) is 66.1 Å². The first-order valence-corrected chi connectivity index (χ1v) is 13.7. The normalized spacial score (nSPS) is 14.8. The van der Waals surface area contributed by atoms with Crippen LogP contribution in [0.2, 0.25) is 5.02 Å². The summed E-state index contributed by atoms with van der Waals surface area (Å²) in [7, 11) is 3.57. The minimum Gasteiger partial charge on any atom is -0.506 e. The molecule has 0 unspecified atom stereocenters. The van der Waals surface area contributed by atoms with E-state index in [9.17, 15) is 19.8 Å². The molecule has 3 aromatic rings. The van der Waals surface area contributed by atoms with Gasteiger partial charge < -0.3 is 34.9 Å². The Balaban J connectivity index is 1.31. The van der Waals surface area contributed by atoms with Gasteiger partial charge >= 0.3 is 6.09 Å². The van der Waals surface area contributed by atoms with E-state index >= 15 is 0 Å². The van der Waals surface area contributed by atoms with Crippen LogP contribution in [0.15, 0.2) is 41.2 Å². The topological polar surface area (TPSA) is 136 Å². The SMILES string of the molecule is COc1cc(NC(=O)OCCN(C)C2CC[CH]CC2)c(Cl)cc1CNC[C@@H](O)c1ccc(O)c2[nH]c(=O)ccc12. The van der Waals surface area contributed by atoms with E-state index in [0.717, 1.165) is 31.2 Å². The summed E-state index contributed by atoms with van der Waals surface area (Å²) in [4.78, 5) is 28.9. The molecular weight excluding hydrogens is 536 g/mol. The Morgan fingerprint density at radius 3 is 2.75 bits per heavy atom. The molecule has 40 heavy (non-hydrogen) atoms. The Hall–Kier alpha value is -3.31. The number of aliphatic hydroxyl groups excluding tert-OH is 1. The van der Waals surface area contributed by atoms with Crippen molar-refractivity contribution >= 4 is 34.3 Å². The lowest BCUT2D eigenvalue weighted by Gasteiger charge is -2.30. The summed E-state index contributed by atoms with van der Waals surface area (Å²) in [5, 5.41) is 27.6. The number of carbonyl (C=O) groups excluding carboxylic acids is 1. The van der Waals surface area contributed by atoms with Crippen LogP contribution < -0.4 is 20.9 Å². The lowest BCUT2D eigenvalue weighted by Crippen LogP contribution is -2.36.